The van der Waals surface area contributed by atoms with E-state index in [1.165, 1.54) is 38.5 Å². The van der Waals surface area contributed by atoms with Gasteiger partial charge in [-0.3, -0.25) is 0 Å². The van der Waals surface area contributed by atoms with Gasteiger partial charge in [-0.25, -0.2) is 0 Å². The quantitative estimate of drug-likeness (QED) is 0.738. The Morgan fingerprint density at radius 1 is 1.21 bits per heavy atom. The number of hydrogen-bond donors (Lipinski definition) is 1. The van der Waals surface area contributed by atoms with E-state index in [0.29, 0.717) is 5.41 Å². The molecule has 1 aliphatic heterocycles. The van der Waals surface area contributed by atoms with Crippen molar-refractivity contribution in [3.05, 3.63) is 0 Å². The normalized spacial score (nSPS) is 36.4. The van der Waals surface area contributed by atoms with Crippen LogP contribution in [0.25, 0.3) is 0 Å². The molecule has 2 aliphatic rings. The summed E-state index contributed by atoms with van der Waals surface area (Å²) in [6, 6.07) is 0. The van der Waals surface area contributed by atoms with Crippen LogP contribution in [-0.2, 0) is 4.74 Å². The first-order valence-electron chi connectivity index (χ1n) is 6.02. The van der Waals surface area contributed by atoms with E-state index in [-0.39, 0.29) is 5.60 Å². The number of nitrogens with two attached hydrogens (primary N) is 1. The van der Waals surface area contributed by atoms with E-state index in [9.17, 15) is 0 Å². The van der Waals surface area contributed by atoms with Crippen LogP contribution in [0.3, 0.4) is 0 Å². The van der Waals surface area contributed by atoms with E-state index in [0.717, 1.165) is 19.6 Å². The molecule has 0 aromatic rings. The lowest BCUT2D eigenvalue weighted by Crippen LogP contribution is -2.42. The zero-order valence-corrected chi connectivity index (χ0v) is 9.35. The molecule has 1 heterocycles. The third-order valence-corrected chi connectivity index (χ3v) is 4.13. The fraction of sp³-hybridized carbons (Fsp3) is 1.00. The third kappa shape index (κ3) is 1.96. The summed E-state index contributed by atoms with van der Waals surface area (Å²) in [5.74, 6) is 0. The Labute approximate surface area is 87.2 Å². The largest absolute Gasteiger partial charge is 0.375 e. The predicted octanol–water partition coefficient (Wildman–Crippen LogP) is 2.46. The van der Waals surface area contributed by atoms with Gasteiger partial charge in [-0.05, 0) is 44.1 Å². The highest BCUT2D eigenvalue weighted by atomic mass is 16.5. The minimum absolute atomic E-state index is 0.252. The number of hydrogen-bond acceptors (Lipinski definition) is 2. The highest BCUT2D eigenvalue weighted by Crippen LogP contribution is 2.48. The van der Waals surface area contributed by atoms with Crippen molar-refractivity contribution in [2.45, 2.75) is 57.5 Å². The molecule has 2 rings (SSSR count). The summed E-state index contributed by atoms with van der Waals surface area (Å²) in [6.45, 7) is 4.17. The van der Waals surface area contributed by atoms with Crippen LogP contribution in [0.2, 0.25) is 0 Å². The topological polar surface area (TPSA) is 35.2 Å². The van der Waals surface area contributed by atoms with E-state index in [1.807, 2.05) is 0 Å². The van der Waals surface area contributed by atoms with Crippen molar-refractivity contribution in [1.29, 1.82) is 0 Å². The lowest BCUT2D eigenvalue weighted by Gasteiger charge is -2.44. The predicted molar refractivity (Wildman–Crippen MR) is 58.2 cm³/mol. The second-order valence-corrected chi connectivity index (χ2v) is 5.51. The van der Waals surface area contributed by atoms with Gasteiger partial charge < -0.3 is 10.5 Å². The summed E-state index contributed by atoms with van der Waals surface area (Å²) in [5, 5.41) is 0. The lowest BCUT2D eigenvalue weighted by atomic mass is 9.71. The highest BCUT2D eigenvalue weighted by molar-refractivity contribution is 4.95. The van der Waals surface area contributed by atoms with Crippen LogP contribution in [0.4, 0.5) is 0 Å². The summed E-state index contributed by atoms with van der Waals surface area (Å²) >= 11 is 0. The van der Waals surface area contributed by atoms with Gasteiger partial charge in [0, 0.05) is 6.61 Å². The van der Waals surface area contributed by atoms with Gasteiger partial charge in [-0.1, -0.05) is 19.8 Å². The molecular formula is C12H23NO. The van der Waals surface area contributed by atoms with E-state index >= 15 is 0 Å². The molecule has 0 aromatic carbocycles. The van der Waals surface area contributed by atoms with Crippen molar-refractivity contribution >= 4 is 0 Å². The summed E-state index contributed by atoms with van der Waals surface area (Å²) in [7, 11) is 0. The second kappa shape index (κ2) is 3.82. The average molecular weight is 197 g/mol. The highest BCUT2D eigenvalue weighted by Gasteiger charge is 2.44. The van der Waals surface area contributed by atoms with Gasteiger partial charge in [0.15, 0.2) is 0 Å². The maximum atomic E-state index is 6.03. The van der Waals surface area contributed by atoms with Crippen molar-refractivity contribution in [3.8, 4) is 0 Å². The summed E-state index contributed by atoms with van der Waals surface area (Å²) in [6.07, 6.45) is 8.90. The van der Waals surface area contributed by atoms with Crippen molar-refractivity contribution in [1.82, 2.24) is 0 Å². The summed E-state index contributed by atoms with van der Waals surface area (Å²) in [5.41, 5.74) is 6.40. The molecule has 1 atom stereocenters. The molecular weight excluding hydrogens is 174 g/mol. The van der Waals surface area contributed by atoms with Crippen LogP contribution in [-0.4, -0.2) is 18.8 Å². The molecule has 0 amide bonds. The Hall–Kier alpha value is -0.0800. The van der Waals surface area contributed by atoms with Crippen LogP contribution < -0.4 is 5.73 Å². The maximum Gasteiger partial charge on any atom is 0.0687 e. The average Bonchev–Trinajstić information content (AvgIpc) is 2.52. The van der Waals surface area contributed by atoms with Gasteiger partial charge in [0.1, 0.15) is 0 Å². The molecule has 2 N–H and O–H groups in total. The first-order chi connectivity index (χ1) is 6.68. The van der Waals surface area contributed by atoms with Crippen LogP contribution in [0.1, 0.15) is 51.9 Å². The third-order valence-electron chi connectivity index (χ3n) is 4.13. The molecule has 2 fully saturated rings. The van der Waals surface area contributed by atoms with Crippen LogP contribution in [0, 0.1) is 5.41 Å². The zero-order valence-electron chi connectivity index (χ0n) is 9.35. The molecule has 1 spiro atoms. The first-order valence-corrected chi connectivity index (χ1v) is 6.02. The monoisotopic (exact) mass is 197 g/mol. The van der Waals surface area contributed by atoms with Gasteiger partial charge in [0.05, 0.1) is 5.60 Å². The van der Waals surface area contributed by atoms with Gasteiger partial charge in [-0.15, -0.1) is 0 Å². The Morgan fingerprint density at radius 3 is 2.57 bits per heavy atom. The molecule has 82 valence electrons. The molecule has 1 saturated carbocycles. The van der Waals surface area contributed by atoms with Crippen LogP contribution in [0.15, 0.2) is 0 Å². The summed E-state index contributed by atoms with van der Waals surface area (Å²) in [4.78, 5) is 0. The molecule has 1 saturated heterocycles. The molecule has 2 nitrogen and oxygen atoms in total. The van der Waals surface area contributed by atoms with E-state index in [2.05, 4.69) is 6.92 Å². The minimum atomic E-state index is 0.252. The molecule has 14 heavy (non-hydrogen) atoms. The van der Waals surface area contributed by atoms with Crippen LogP contribution in [0.5, 0.6) is 0 Å². The van der Waals surface area contributed by atoms with Crippen molar-refractivity contribution in [3.63, 3.8) is 0 Å². The van der Waals surface area contributed by atoms with Gasteiger partial charge in [0.25, 0.3) is 0 Å². The Morgan fingerprint density at radius 2 is 1.93 bits per heavy atom. The van der Waals surface area contributed by atoms with Crippen molar-refractivity contribution in [2.75, 3.05) is 13.2 Å². The molecule has 0 unspecified atom stereocenters. The fourth-order valence-corrected chi connectivity index (χ4v) is 3.33. The minimum Gasteiger partial charge on any atom is -0.375 e. The smallest absolute Gasteiger partial charge is 0.0687 e. The first kappa shape index (κ1) is 10.4. The van der Waals surface area contributed by atoms with E-state index < -0.39 is 0 Å². The summed E-state index contributed by atoms with van der Waals surface area (Å²) < 4.78 is 6.03. The Balaban J connectivity index is 2.02. The molecule has 1 aliphatic carbocycles. The lowest BCUT2D eigenvalue weighted by molar-refractivity contribution is -0.119. The molecule has 0 aromatic heterocycles. The second-order valence-electron chi connectivity index (χ2n) is 5.51. The maximum absolute atomic E-state index is 6.03. The Kier molecular flexibility index (Phi) is 2.85. The number of ether oxygens (including phenoxy) is 1. The van der Waals surface area contributed by atoms with Crippen molar-refractivity contribution < 1.29 is 4.74 Å². The molecule has 0 radical (unpaired) electrons. The van der Waals surface area contributed by atoms with Crippen molar-refractivity contribution in [2.24, 2.45) is 11.1 Å². The standard InChI is InChI=1S/C12H23NO/c1-11(6-8-13)7-9-14-12(10-11)4-2-3-5-12/h2-10,13H2,1H3/t11-/m0/s1. The molecule has 2 heteroatoms. The van der Waals surface area contributed by atoms with Crippen LogP contribution >= 0.6 is 0 Å². The van der Waals surface area contributed by atoms with E-state index in [4.69, 9.17) is 10.5 Å². The van der Waals surface area contributed by atoms with Gasteiger partial charge >= 0.3 is 0 Å². The zero-order chi connectivity index (χ0) is 10.1. The van der Waals surface area contributed by atoms with E-state index in [1.54, 1.807) is 0 Å². The Bertz CT molecular complexity index is 194. The van der Waals surface area contributed by atoms with Gasteiger partial charge in [-0.2, -0.15) is 0 Å². The fourth-order valence-electron chi connectivity index (χ4n) is 3.33. The number of rotatable bonds is 2. The SMILES string of the molecule is C[C@]1(CCN)CCOC2(CCCC2)C1. The van der Waals surface area contributed by atoms with Gasteiger partial charge in [0.2, 0.25) is 0 Å². The molecule has 0 bridgehead atoms.